The maximum atomic E-state index is 4.47. The Morgan fingerprint density at radius 3 is 2.50 bits per heavy atom. The smallest absolute Gasteiger partial charge is 0.661 e. The van der Waals surface area contributed by atoms with Gasteiger partial charge in [-0.1, -0.05) is 37.6 Å². The zero-order valence-corrected chi connectivity index (χ0v) is 14.3. The summed E-state index contributed by atoms with van der Waals surface area (Å²) in [6.07, 6.45) is 0. The molecule has 0 fully saturated rings. The topological polar surface area (TPSA) is 14.1 Å². The standard InChI is InChI=1S/C12H14N.Rb/c1-8-6-5-7-10-11(8)12(3,4)9(2)13-10;/h5-7H,2H2,1,3-4H3;/q-1;+1. The van der Waals surface area contributed by atoms with Gasteiger partial charge in [0.1, 0.15) is 0 Å². The van der Waals surface area contributed by atoms with Crippen LogP contribution in [0.3, 0.4) is 0 Å². The first-order chi connectivity index (χ1) is 6.03. The molecule has 0 spiro atoms. The average molecular weight is 258 g/mol. The first-order valence-corrected chi connectivity index (χ1v) is 4.54. The zero-order valence-electron chi connectivity index (χ0n) is 9.39. The molecule has 68 valence electrons. The van der Waals surface area contributed by atoms with Gasteiger partial charge in [-0.05, 0) is 17.9 Å². The van der Waals surface area contributed by atoms with E-state index < -0.39 is 0 Å². The first kappa shape index (κ1) is 12.6. The normalized spacial score (nSPS) is 16.9. The van der Waals surface area contributed by atoms with Gasteiger partial charge in [0.2, 0.25) is 0 Å². The number of aryl methyl sites for hydroxylation is 1. The summed E-state index contributed by atoms with van der Waals surface area (Å²) in [5, 5.41) is 4.47. The molecule has 0 unspecified atom stereocenters. The number of hydrogen-bond acceptors (Lipinski definition) is 0. The van der Waals surface area contributed by atoms with Crippen molar-refractivity contribution >= 4 is 5.69 Å². The van der Waals surface area contributed by atoms with E-state index in [4.69, 9.17) is 0 Å². The van der Waals surface area contributed by atoms with Crippen molar-refractivity contribution in [1.29, 1.82) is 0 Å². The largest absolute Gasteiger partial charge is 1.00 e. The molecule has 14 heavy (non-hydrogen) atoms. The third-order valence-electron chi connectivity index (χ3n) is 2.85. The molecule has 0 atom stereocenters. The summed E-state index contributed by atoms with van der Waals surface area (Å²) in [7, 11) is 0. The predicted octanol–water partition coefficient (Wildman–Crippen LogP) is 0.809. The Hall–Kier alpha value is 0.565. The van der Waals surface area contributed by atoms with Gasteiger partial charge in [-0.15, -0.1) is 12.3 Å². The van der Waals surface area contributed by atoms with Gasteiger partial charge in [0, 0.05) is 0 Å². The van der Waals surface area contributed by atoms with Crippen LogP contribution in [0.4, 0.5) is 5.69 Å². The van der Waals surface area contributed by atoms with Crippen molar-refractivity contribution in [2.45, 2.75) is 26.2 Å². The van der Waals surface area contributed by atoms with E-state index >= 15 is 0 Å². The van der Waals surface area contributed by atoms with E-state index in [0.717, 1.165) is 11.4 Å². The van der Waals surface area contributed by atoms with Crippen molar-refractivity contribution in [2.75, 3.05) is 0 Å². The molecule has 2 rings (SSSR count). The van der Waals surface area contributed by atoms with E-state index in [1.807, 2.05) is 6.07 Å². The maximum absolute atomic E-state index is 4.47. The molecule has 0 N–H and O–H groups in total. The van der Waals surface area contributed by atoms with Gasteiger partial charge >= 0.3 is 58.2 Å². The molecular formula is C12H14NRb. The van der Waals surface area contributed by atoms with Crippen molar-refractivity contribution in [3.8, 4) is 0 Å². The molecule has 2 heteroatoms. The van der Waals surface area contributed by atoms with E-state index in [-0.39, 0.29) is 63.6 Å². The maximum Gasteiger partial charge on any atom is 1.00 e. The molecule has 0 saturated heterocycles. The fourth-order valence-electron chi connectivity index (χ4n) is 1.99. The van der Waals surface area contributed by atoms with Crippen LogP contribution in [-0.2, 0) is 5.41 Å². The monoisotopic (exact) mass is 257 g/mol. The summed E-state index contributed by atoms with van der Waals surface area (Å²) in [5.41, 5.74) is 4.72. The molecule has 0 aromatic heterocycles. The minimum absolute atomic E-state index is 0. The van der Waals surface area contributed by atoms with E-state index in [2.05, 4.69) is 44.8 Å². The summed E-state index contributed by atoms with van der Waals surface area (Å²) in [4.78, 5) is 0. The van der Waals surface area contributed by atoms with Crippen molar-refractivity contribution < 1.29 is 58.2 Å². The Kier molecular flexibility index (Phi) is 3.80. The van der Waals surface area contributed by atoms with Crippen LogP contribution >= 0.6 is 0 Å². The second-order valence-corrected chi connectivity index (χ2v) is 4.15. The molecule has 1 nitrogen and oxygen atoms in total. The van der Waals surface area contributed by atoms with Crippen molar-refractivity contribution in [3.63, 3.8) is 0 Å². The fourth-order valence-corrected chi connectivity index (χ4v) is 1.99. The van der Waals surface area contributed by atoms with E-state index in [1.54, 1.807) is 0 Å². The Morgan fingerprint density at radius 2 is 1.93 bits per heavy atom. The number of nitrogens with zero attached hydrogens (tertiary/aromatic N) is 1. The Bertz CT molecular complexity index is 380. The van der Waals surface area contributed by atoms with Gasteiger partial charge in [-0.25, -0.2) is 0 Å². The molecule has 1 aliphatic rings. The molecule has 1 heterocycles. The van der Waals surface area contributed by atoms with E-state index in [1.165, 1.54) is 11.1 Å². The second-order valence-electron chi connectivity index (χ2n) is 4.15. The van der Waals surface area contributed by atoms with E-state index in [9.17, 15) is 0 Å². The van der Waals surface area contributed by atoms with Gasteiger partial charge in [-0.2, -0.15) is 5.70 Å². The van der Waals surface area contributed by atoms with Crippen LogP contribution < -0.4 is 58.2 Å². The van der Waals surface area contributed by atoms with Gasteiger partial charge in [0.15, 0.2) is 0 Å². The summed E-state index contributed by atoms with van der Waals surface area (Å²) < 4.78 is 0. The number of hydrogen-bond donors (Lipinski definition) is 0. The fraction of sp³-hybridized carbons (Fsp3) is 0.333. The van der Waals surface area contributed by atoms with Gasteiger partial charge in [0.25, 0.3) is 0 Å². The van der Waals surface area contributed by atoms with Crippen molar-refractivity contribution in [2.24, 2.45) is 0 Å². The number of rotatable bonds is 0. The molecule has 1 aromatic rings. The van der Waals surface area contributed by atoms with E-state index in [0.29, 0.717) is 0 Å². The summed E-state index contributed by atoms with van der Waals surface area (Å²) in [5.74, 6) is 0. The molecule has 0 amide bonds. The molecule has 0 aliphatic carbocycles. The third kappa shape index (κ3) is 1.80. The molecular weight excluding hydrogens is 244 g/mol. The summed E-state index contributed by atoms with van der Waals surface area (Å²) in [6, 6.07) is 6.24. The van der Waals surface area contributed by atoms with Crippen LogP contribution in [0.15, 0.2) is 30.5 Å². The third-order valence-corrected chi connectivity index (χ3v) is 2.85. The SMILES string of the molecule is C=C1[N-]c2cccc(C)c2C1(C)C.[Rb+]. The predicted molar refractivity (Wildman–Crippen MR) is 56.4 cm³/mol. The quantitative estimate of drug-likeness (QED) is 0.653. The van der Waals surface area contributed by atoms with Crippen LogP contribution in [0.1, 0.15) is 25.0 Å². The second kappa shape index (κ2) is 4.21. The minimum atomic E-state index is 0. The summed E-state index contributed by atoms with van der Waals surface area (Å²) >= 11 is 0. The summed E-state index contributed by atoms with van der Waals surface area (Å²) in [6.45, 7) is 10.5. The van der Waals surface area contributed by atoms with Crippen LogP contribution in [0.2, 0.25) is 0 Å². The molecule has 0 bridgehead atoms. The van der Waals surface area contributed by atoms with Crippen LogP contribution in [0.5, 0.6) is 0 Å². The molecule has 1 aromatic carbocycles. The first-order valence-electron chi connectivity index (χ1n) is 4.54. The minimum Gasteiger partial charge on any atom is -0.661 e. The van der Waals surface area contributed by atoms with Gasteiger partial charge in [0.05, 0.1) is 0 Å². The molecule has 0 radical (unpaired) electrons. The Labute approximate surface area is 135 Å². The van der Waals surface area contributed by atoms with Crippen LogP contribution in [0, 0.1) is 6.92 Å². The van der Waals surface area contributed by atoms with Crippen molar-refractivity contribution in [1.82, 2.24) is 0 Å². The van der Waals surface area contributed by atoms with Crippen LogP contribution in [0.25, 0.3) is 5.32 Å². The Balaban J connectivity index is 0.000000980. The average Bonchev–Trinajstić information content (AvgIpc) is 2.24. The number of fused-ring (bicyclic) bond motifs is 1. The van der Waals surface area contributed by atoms with Crippen molar-refractivity contribution in [3.05, 3.63) is 46.9 Å². The van der Waals surface area contributed by atoms with Gasteiger partial charge < -0.3 is 5.32 Å². The molecule has 1 aliphatic heterocycles. The number of allylic oxidation sites excluding steroid dienone is 1. The molecule has 0 saturated carbocycles. The van der Waals surface area contributed by atoms with Crippen LogP contribution in [-0.4, -0.2) is 0 Å². The number of benzene rings is 1. The zero-order chi connectivity index (χ0) is 9.64. The Morgan fingerprint density at radius 1 is 1.29 bits per heavy atom. The van der Waals surface area contributed by atoms with Gasteiger partial charge in [-0.3, -0.25) is 0 Å².